The average Bonchev–Trinajstić information content (AvgIpc) is 2.78. The van der Waals surface area contributed by atoms with Crippen molar-refractivity contribution in [2.24, 2.45) is 5.92 Å². The van der Waals surface area contributed by atoms with Gasteiger partial charge in [-0.1, -0.05) is 74.0 Å². The number of hydrogen-bond acceptors (Lipinski definition) is 5. The number of carboxylic acids is 1. The maximum Gasteiger partial charge on any atom is 0.408 e. The molecule has 3 rings (SSSR count). The summed E-state index contributed by atoms with van der Waals surface area (Å²) in [7, 11) is 0. The van der Waals surface area contributed by atoms with Gasteiger partial charge in [0.05, 0.1) is 19.8 Å². The zero-order valence-corrected chi connectivity index (χ0v) is 21.0. The predicted octanol–water partition coefficient (Wildman–Crippen LogP) is 4.91. The number of nitrogens with one attached hydrogen (secondary N) is 1. The normalized spacial score (nSPS) is 18.9. The molecule has 7 heteroatoms. The van der Waals surface area contributed by atoms with Gasteiger partial charge in [-0.15, -0.1) is 0 Å². The van der Waals surface area contributed by atoms with Crippen LogP contribution in [0.1, 0.15) is 51.3 Å². The highest BCUT2D eigenvalue weighted by Crippen LogP contribution is 2.36. The van der Waals surface area contributed by atoms with Crippen LogP contribution >= 0.6 is 0 Å². The monoisotopic (exact) mass is 471 g/mol. The molecule has 2 aromatic carbocycles. The van der Waals surface area contributed by atoms with Crippen molar-refractivity contribution in [3.05, 3.63) is 71.3 Å². The summed E-state index contributed by atoms with van der Waals surface area (Å²) in [5, 5.41) is 11.1. The van der Waals surface area contributed by atoms with Crippen LogP contribution in [0.2, 0.25) is 0 Å². The summed E-state index contributed by atoms with van der Waals surface area (Å²) in [5.41, 5.74) is 2.48. The lowest BCUT2D eigenvalue weighted by Crippen LogP contribution is -2.46. The lowest BCUT2D eigenvalue weighted by Gasteiger charge is -2.38. The molecule has 7 nitrogen and oxygen atoms in total. The highest BCUT2D eigenvalue weighted by Gasteiger charge is 2.38. The zero-order chi connectivity index (χ0) is 25.4. The number of aliphatic carboxylic acids is 1. The van der Waals surface area contributed by atoms with E-state index in [0.29, 0.717) is 19.8 Å². The number of rotatable bonds is 5. The van der Waals surface area contributed by atoms with E-state index in [4.69, 9.17) is 19.3 Å². The molecule has 1 aliphatic rings. The Hall–Kier alpha value is -2.90. The second-order valence-electron chi connectivity index (χ2n) is 9.67. The molecule has 186 valence electrons. The lowest BCUT2D eigenvalue weighted by atomic mass is 9.86. The summed E-state index contributed by atoms with van der Waals surface area (Å²) in [6.45, 7) is 12.6. The van der Waals surface area contributed by atoms with Crippen molar-refractivity contribution in [2.45, 2.75) is 58.8 Å². The van der Waals surface area contributed by atoms with E-state index >= 15 is 0 Å². The third kappa shape index (κ3) is 7.85. The molecule has 2 N–H and O–H groups in total. The molecule has 1 aliphatic heterocycles. The van der Waals surface area contributed by atoms with Gasteiger partial charge in [0.1, 0.15) is 17.2 Å². The number of amides is 1. The van der Waals surface area contributed by atoms with Crippen molar-refractivity contribution in [1.29, 1.82) is 0 Å². The minimum Gasteiger partial charge on any atom is -0.480 e. The van der Waals surface area contributed by atoms with Crippen LogP contribution in [0.5, 0.6) is 0 Å². The molecule has 1 unspecified atom stereocenters. The Morgan fingerprint density at radius 3 is 2.06 bits per heavy atom. The maximum atomic E-state index is 11.3. The minimum absolute atomic E-state index is 0.185. The van der Waals surface area contributed by atoms with Crippen LogP contribution in [0.4, 0.5) is 4.79 Å². The number of alkyl carbamates (subject to hydrolysis) is 1. The molecule has 1 saturated heterocycles. The summed E-state index contributed by atoms with van der Waals surface area (Å²) in [4.78, 5) is 22.1. The second-order valence-corrected chi connectivity index (χ2v) is 9.67. The van der Waals surface area contributed by atoms with E-state index in [2.05, 4.69) is 48.6 Å². The van der Waals surface area contributed by atoms with Crippen LogP contribution in [0, 0.1) is 12.8 Å². The Kier molecular flexibility index (Phi) is 9.65. The molecule has 0 aliphatic carbocycles. The smallest absolute Gasteiger partial charge is 0.408 e. The van der Waals surface area contributed by atoms with Crippen molar-refractivity contribution >= 4 is 12.1 Å². The van der Waals surface area contributed by atoms with E-state index in [0.717, 1.165) is 11.1 Å². The fraction of sp³-hybridized carbons (Fsp3) is 0.481. The van der Waals surface area contributed by atoms with Crippen molar-refractivity contribution in [1.82, 2.24) is 5.32 Å². The SMILES string of the molecule is CC(C)[C@H](NC(=O)OC(C)(C)C)C(=O)O.Cc1ccc(C2(c3ccccc3)COCCO2)cc1. The molecule has 1 heterocycles. The minimum atomic E-state index is -1.06. The molecule has 1 fully saturated rings. The van der Waals surface area contributed by atoms with Crippen LogP contribution in [0.15, 0.2) is 54.6 Å². The molecule has 0 spiro atoms. The molecule has 0 aromatic heterocycles. The molecular formula is C27H37NO6. The van der Waals surface area contributed by atoms with Gasteiger partial charge in [-0.2, -0.15) is 0 Å². The Balaban J connectivity index is 0.000000249. The fourth-order valence-corrected chi connectivity index (χ4v) is 3.51. The van der Waals surface area contributed by atoms with Gasteiger partial charge in [-0.05, 0) is 44.7 Å². The standard InChI is InChI=1S/C17H18O2.C10H19NO4/c1-14-7-9-16(10-8-14)17(13-18-11-12-19-17)15-5-3-2-4-6-15;1-6(2)7(8(12)13)11-9(14)15-10(3,4)5/h2-10H,11-13H2,1H3;6-7H,1-5H3,(H,11,14)(H,12,13)/t;7-/m.0/s1. The molecule has 0 saturated carbocycles. The summed E-state index contributed by atoms with van der Waals surface area (Å²) >= 11 is 0. The summed E-state index contributed by atoms with van der Waals surface area (Å²) in [5.74, 6) is -1.24. The van der Waals surface area contributed by atoms with Crippen molar-refractivity contribution in [3.8, 4) is 0 Å². The molecule has 0 bridgehead atoms. The van der Waals surface area contributed by atoms with E-state index in [1.165, 1.54) is 5.56 Å². The van der Waals surface area contributed by atoms with E-state index in [1.54, 1.807) is 34.6 Å². The number of benzene rings is 2. The van der Waals surface area contributed by atoms with Gasteiger partial charge in [0.25, 0.3) is 0 Å². The Morgan fingerprint density at radius 2 is 1.59 bits per heavy atom. The van der Waals surface area contributed by atoms with Gasteiger partial charge in [0, 0.05) is 0 Å². The third-order valence-corrected chi connectivity index (χ3v) is 5.24. The largest absolute Gasteiger partial charge is 0.480 e. The molecule has 2 aromatic rings. The van der Waals surface area contributed by atoms with Crippen molar-refractivity contribution in [2.75, 3.05) is 19.8 Å². The summed E-state index contributed by atoms with van der Waals surface area (Å²) in [6, 6.07) is 17.9. The van der Waals surface area contributed by atoms with Gasteiger partial charge >= 0.3 is 12.1 Å². The number of hydrogen-bond donors (Lipinski definition) is 2. The molecule has 34 heavy (non-hydrogen) atoms. The zero-order valence-electron chi connectivity index (χ0n) is 21.0. The van der Waals surface area contributed by atoms with Crippen LogP contribution in [0.3, 0.4) is 0 Å². The first-order valence-corrected chi connectivity index (χ1v) is 11.5. The van der Waals surface area contributed by atoms with Gasteiger partial charge in [0.2, 0.25) is 0 Å². The number of carbonyl (C=O) groups excluding carboxylic acids is 1. The number of carboxylic acid groups (broad SMARTS) is 1. The van der Waals surface area contributed by atoms with Crippen molar-refractivity contribution < 1.29 is 28.9 Å². The van der Waals surface area contributed by atoms with Gasteiger partial charge in [-0.3, -0.25) is 0 Å². The Bertz CT molecular complexity index is 912. The van der Waals surface area contributed by atoms with E-state index in [-0.39, 0.29) is 5.92 Å². The predicted molar refractivity (Wildman–Crippen MR) is 131 cm³/mol. The molecule has 0 radical (unpaired) electrons. The summed E-state index contributed by atoms with van der Waals surface area (Å²) < 4.78 is 16.8. The first kappa shape index (κ1) is 27.3. The fourth-order valence-electron chi connectivity index (χ4n) is 3.51. The van der Waals surface area contributed by atoms with E-state index in [9.17, 15) is 9.59 Å². The number of aryl methyl sites for hydroxylation is 1. The third-order valence-electron chi connectivity index (χ3n) is 5.24. The number of carbonyl (C=O) groups is 2. The van der Waals surface area contributed by atoms with Crippen molar-refractivity contribution in [3.63, 3.8) is 0 Å². The van der Waals surface area contributed by atoms with Crippen LogP contribution < -0.4 is 5.32 Å². The molecular weight excluding hydrogens is 434 g/mol. The van der Waals surface area contributed by atoms with Crippen LogP contribution in [0.25, 0.3) is 0 Å². The first-order chi connectivity index (χ1) is 15.9. The highest BCUT2D eigenvalue weighted by atomic mass is 16.6. The molecule has 2 atom stereocenters. The van der Waals surface area contributed by atoms with Gasteiger partial charge in [0.15, 0.2) is 0 Å². The van der Waals surface area contributed by atoms with E-state index in [1.807, 2.05) is 18.2 Å². The topological polar surface area (TPSA) is 94.1 Å². The maximum absolute atomic E-state index is 11.3. The van der Waals surface area contributed by atoms with E-state index < -0.39 is 29.3 Å². The van der Waals surface area contributed by atoms with Gasteiger partial charge < -0.3 is 24.6 Å². The number of ether oxygens (including phenoxy) is 3. The van der Waals surface area contributed by atoms with Crippen LogP contribution in [-0.4, -0.2) is 48.6 Å². The summed E-state index contributed by atoms with van der Waals surface area (Å²) in [6.07, 6.45) is -0.705. The highest BCUT2D eigenvalue weighted by molar-refractivity contribution is 5.80. The van der Waals surface area contributed by atoms with Gasteiger partial charge in [-0.25, -0.2) is 9.59 Å². The Morgan fingerprint density at radius 1 is 1.00 bits per heavy atom. The first-order valence-electron chi connectivity index (χ1n) is 11.5. The van der Waals surface area contributed by atoms with Crippen LogP contribution in [-0.2, 0) is 24.6 Å². The quantitative estimate of drug-likeness (QED) is 0.644. The Labute approximate surface area is 202 Å². The molecule has 1 amide bonds. The second kappa shape index (κ2) is 12.0. The average molecular weight is 472 g/mol. The lowest BCUT2D eigenvalue weighted by molar-refractivity contribution is -0.140.